The molecule has 0 radical (unpaired) electrons. The Bertz CT molecular complexity index is 1160. The zero-order valence-electron chi connectivity index (χ0n) is 15.6. The summed E-state index contributed by atoms with van der Waals surface area (Å²) in [6.45, 7) is 1.96. The zero-order chi connectivity index (χ0) is 20.2. The predicted molar refractivity (Wildman–Crippen MR) is 109 cm³/mol. The Kier molecular flexibility index (Phi) is 4.94. The number of nitrogens with zero attached hydrogens (tertiary/aromatic N) is 2. The fourth-order valence-corrected chi connectivity index (χ4v) is 2.90. The average molecular weight is 386 g/mol. The van der Waals surface area contributed by atoms with Gasteiger partial charge < -0.3 is 15.1 Å². The molecule has 2 amide bonds. The number of anilines is 2. The van der Waals surface area contributed by atoms with E-state index in [9.17, 15) is 9.59 Å². The Balaban J connectivity index is 1.49. The molecule has 2 heterocycles. The van der Waals surface area contributed by atoms with E-state index in [2.05, 4.69) is 15.7 Å². The highest BCUT2D eigenvalue weighted by molar-refractivity contribution is 6.06. The molecule has 7 heteroatoms. The van der Waals surface area contributed by atoms with Crippen molar-refractivity contribution in [3.63, 3.8) is 0 Å². The van der Waals surface area contributed by atoms with Gasteiger partial charge in [0, 0.05) is 28.8 Å². The third kappa shape index (κ3) is 4.08. The van der Waals surface area contributed by atoms with Crippen molar-refractivity contribution < 1.29 is 14.0 Å². The number of carbonyl (C=O) groups is 2. The van der Waals surface area contributed by atoms with Gasteiger partial charge in [0.15, 0.2) is 5.76 Å². The van der Waals surface area contributed by atoms with Crippen LogP contribution in [0, 0.1) is 6.92 Å². The third-order valence-electron chi connectivity index (χ3n) is 4.31. The van der Waals surface area contributed by atoms with E-state index in [1.54, 1.807) is 47.3 Å². The number of benzene rings is 2. The van der Waals surface area contributed by atoms with Crippen molar-refractivity contribution in [3.05, 3.63) is 96.2 Å². The van der Waals surface area contributed by atoms with E-state index in [0.717, 1.165) is 11.4 Å². The zero-order valence-corrected chi connectivity index (χ0v) is 15.6. The predicted octanol–water partition coefficient (Wildman–Crippen LogP) is 4.28. The van der Waals surface area contributed by atoms with Crippen molar-refractivity contribution >= 4 is 23.2 Å². The first-order valence-electron chi connectivity index (χ1n) is 8.97. The summed E-state index contributed by atoms with van der Waals surface area (Å²) >= 11 is 0. The van der Waals surface area contributed by atoms with E-state index in [0.29, 0.717) is 16.9 Å². The van der Waals surface area contributed by atoms with E-state index in [1.807, 2.05) is 37.3 Å². The maximum absolute atomic E-state index is 12.7. The van der Waals surface area contributed by atoms with Crippen LogP contribution in [-0.2, 0) is 0 Å². The lowest BCUT2D eigenvalue weighted by Gasteiger charge is -2.10. The number of aryl methyl sites for hydroxylation is 1. The van der Waals surface area contributed by atoms with Crippen molar-refractivity contribution in [1.82, 2.24) is 9.78 Å². The molecular formula is C22H18N4O3. The minimum Gasteiger partial charge on any atom is -0.459 e. The van der Waals surface area contributed by atoms with Crippen LogP contribution >= 0.6 is 0 Å². The molecule has 0 atom stereocenters. The lowest BCUT2D eigenvalue weighted by molar-refractivity contribution is 0.0993. The van der Waals surface area contributed by atoms with Gasteiger partial charge in [0.25, 0.3) is 11.8 Å². The van der Waals surface area contributed by atoms with Gasteiger partial charge in [-0.05, 0) is 61.5 Å². The maximum Gasteiger partial charge on any atom is 0.291 e. The summed E-state index contributed by atoms with van der Waals surface area (Å²) in [6.07, 6.45) is 3.15. The van der Waals surface area contributed by atoms with Crippen LogP contribution in [0.15, 0.2) is 83.6 Å². The first kappa shape index (κ1) is 18.2. The van der Waals surface area contributed by atoms with E-state index in [4.69, 9.17) is 4.42 Å². The van der Waals surface area contributed by atoms with Crippen LogP contribution in [0.2, 0.25) is 0 Å². The molecule has 7 nitrogen and oxygen atoms in total. The van der Waals surface area contributed by atoms with Crippen LogP contribution in [0.25, 0.3) is 5.69 Å². The summed E-state index contributed by atoms with van der Waals surface area (Å²) in [7, 11) is 0. The number of aromatic nitrogens is 2. The van der Waals surface area contributed by atoms with Gasteiger partial charge in [-0.1, -0.05) is 12.1 Å². The second-order valence-electron chi connectivity index (χ2n) is 6.40. The van der Waals surface area contributed by atoms with Gasteiger partial charge >= 0.3 is 0 Å². The van der Waals surface area contributed by atoms with Crippen molar-refractivity contribution in [2.75, 3.05) is 10.6 Å². The molecular weight excluding hydrogens is 368 g/mol. The van der Waals surface area contributed by atoms with Gasteiger partial charge in [0.2, 0.25) is 0 Å². The number of hydrogen-bond acceptors (Lipinski definition) is 4. The van der Waals surface area contributed by atoms with Crippen molar-refractivity contribution in [2.24, 2.45) is 0 Å². The standard InChI is InChI=1S/C22H18N4O3/c1-15-10-11-23-26(15)19-8-3-7-18(14-19)24-21(27)16-5-2-6-17(13-16)25-22(28)20-9-4-12-29-20/h2-14H,1H3,(H,24,27)(H,25,28). The first-order valence-corrected chi connectivity index (χ1v) is 8.97. The fraction of sp³-hybridized carbons (Fsp3) is 0.0455. The van der Waals surface area contributed by atoms with Gasteiger partial charge in [0.05, 0.1) is 12.0 Å². The number of furan rings is 1. The highest BCUT2D eigenvalue weighted by Gasteiger charge is 2.12. The minimum absolute atomic E-state index is 0.200. The smallest absolute Gasteiger partial charge is 0.291 e. The van der Waals surface area contributed by atoms with Gasteiger partial charge in [-0.3, -0.25) is 9.59 Å². The largest absolute Gasteiger partial charge is 0.459 e. The molecule has 4 rings (SSSR count). The minimum atomic E-state index is -0.380. The average Bonchev–Trinajstić information content (AvgIpc) is 3.40. The third-order valence-corrected chi connectivity index (χ3v) is 4.31. The van der Waals surface area contributed by atoms with Gasteiger partial charge in [0.1, 0.15) is 0 Å². The Morgan fingerprint density at radius 1 is 0.897 bits per heavy atom. The SMILES string of the molecule is Cc1ccnn1-c1cccc(NC(=O)c2cccc(NC(=O)c3ccco3)c2)c1. The van der Waals surface area contributed by atoms with Crippen LogP contribution in [-0.4, -0.2) is 21.6 Å². The number of carbonyl (C=O) groups excluding carboxylic acids is 2. The Morgan fingerprint density at radius 3 is 2.38 bits per heavy atom. The van der Waals surface area contributed by atoms with E-state index >= 15 is 0 Å². The summed E-state index contributed by atoms with van der Waals surface area (Å²) in [5.74, 6) is -0.464. The van der Waals surface area contributed by atoms with Crippen LogP contribution in [0.1, 0.15) is 26.6 Å². The van der Waals surface area contributed by atoms with Gasteiger partial charge in [-0.15, -0.1) is 0 Å². The molecule has 2 N–H and O–H groups in total. The van der Waals surface area contributed by atoms with Crippen molar-refractivity contribution in [1.29, 1.82) is 0 Å². The van der Waals surface area contributed by atoms with Crippen LogP contribution in [0.5, 0.6) is 0 Å². The molecule has 0 aliphatic heterocycles. The van der Waals surface area contributed by atoms with Crippen LogP contribution < -0.4 is 10.6 Å². The summed E-state index contributed by atoms with van der Waals surface area (Å²) in [6, 6.07) is 19.2. The topological polar surface area (TPSA) is 89.2 Å². The van der Waals surface area contributed by atoms with E-state index in [1.165, 1.54) is 6.26 Å². The lowest BCUT2D eigenvalue weighted by Crippen LogP contribution is -2.14. The molecule has 0 spiro atoms. The summed E-state index contributed by atoms with van der Waals surface area (Å²) in [4.78, 5) is 24.8. The highest BCUT2D eigenvalue weighted by Crippen LogP contribution is 2.18. The molecule has 0 aliphatic rings. The molecule has 0 fully saturated rings. The van der Waals surface area contributed by atoms with Crippen LogP contribution in [0.4, 0.5) is 11.4 Å². The quantitative estimate of drug-likeness (QED) is 0.536. The molecule has 2 aromatic carbocycles. The molecule has 0 saturated carbocycles. The molecule has 0 unspecified atom stereocenters. The number of amides is 2. The Morgan fingerprint density at radius 2 is 1.66 bits per heavy atom. The molecule has 2 aromatic heterocycles. The second kappa shape index (κ2) is 7.85. The highest BCUT2D eigenvalue weighted by atomic mass is 16.3. The summed E-state index contributed by atoms with van der Waals surface area (Å²) in [5.41, 5.74) is 3.41. The molecule has 144 valence electrons. The Hall–Kier alpha value is -4.13. The molecule has 0 saturated heterocycles. The van der Waals surface area contributed by atoms with Gasteiger partial charge in [-0.2, -0.15) is 5.10 Å². The molecule has 4 aromatic rings. The number of hydrogen-bond donors (Lipinski definition) is 2. The number of nitrogens with one attached hydrogen (secondary N) is 2. The lowest BCUT2D eigenvalue weighted by atomic mass is 10.1. The van der Waals surface area contributed by atoms with Crippen molar-refractivity contribution in [2.45, 2.75) is 6.92 Å². The molecule has 0 bridgehead atoms. The second-order valence-corrected chi connectivity index (χ2v) is 6.40. The molecule has 29 heavy (non-hydrogen) atoms. The van der Waals surface area contributed by atoms with Crippen molar-refractivity contribution in [3.8, 4) is 5.69 Å². The Labute approximate surface area is 167 Å². The normalized spacial score (nSPS) is 10.5. The summed E-state index contributed by atoms with van der Waals surface area (Å²) in [5, 5.41) is 9.87. The summed E-state index contributed by atoms with van der Waals surface area (Å²) < 4.78 is 6.87. The monoisotopic (exact) mass is 386 g/mol. The van der Waals surface area contributed by atoms with Crippen LogP contribution in [0.3, 0.4) is 0 Å². The maximum atomic E-state index is 12.7. The fourth-order valence-electron chi connectivity index (χ4n) is 2.90. The first-order chi connectivity index (χ1) is 14.1. The van der Waals surface area contributed by atoms with E-state index in [-0.39, 0.29) is 17.6 Å². The van der Waals surface area contributed by atoms with Gasteiger partial charge in [-0.25, -0.2) is 4.68 Å². The number of rotatable bonds is 5. The molecule has 0 aliphatic carbocycles. The van der Waals surface area contributed by atoms with E-state index < -0.39 is 0 Å².